The molecule has 5 nitrogen and oxygen atoms in total. The van der Waals surface area contributed by atoms with E-state index in [2.05, 4.69) is 44.6 Å². The molecule has 0 saturated heterocycles. The molecular weight excluding hydrogens is 298 g/mol. The molecule has 2 heterocycles. The fraction of sp³-hybridized carbons (Fsp3) is 0.211. The summed E-state index contributed by atoms with van der Waals surface area (Å²) >= 11 is 0. The molecule has 0 saturated carbocycles. The van der Waals surface area contributed by atoms with Crippen molar-refractivity contribution in [1.29, 1.82) is 0 Å². The Labute approximate surface area is 142 Å². The third kappa shape index (κ3) is 4.29. The number of hydrogen-bond acceptors (Lipinski definition) is 5. The lowest BCUT2D eigenvalue weighted by molar-refractivity contribution is 0.951. The van der Waals surface area contributed by atoms with Crippen LogP contribution in [0, 0.1) is 0 Å². The van der Waals surface area contributed by atoms with E-state index in [-0.39, 0.29) is 0 Å². The zero-order chi connectivity index (χ0) is 16.6. The van der Waals surface area contributed by atoms with E-state index in [1.807, 2.05) is 36.4 Å². The van der Waals surface area contributed by atoms with Crippen LogP contribution in [0.25, 0.3) is 11.3 Å². The van der Waals surface area contributed by atoms with Gasteiger partial charge in [-0.3, -0.25) is 4.98 Å². The van der Waals surface area contributed by atoms with Crippen LogP contribution in [0.5, 0.6) is 0 Å². The molecule has 1 aromatic carbocycles. The summed E-state index contributed by atoms with van der Waals surface area (Å²) in [7, 11) is 0. The Hall–Kier alpha value is -2.95. The molecule has 24 heavy (non-hydrogen) atoms. The van der Waals surface area contributed by atoms with E-state index in [1.165, 1.54) is 0 Å². The van der Waals surface area contributed by atoms with Gasteiger partial charge in [-0.1, -0.05) is 37.3 Å². The lowest BCUT2D eigenvalue weighted by Crippen LogP contribution is -2.08. The first kappa shape index (κ1) is 15.9. The van der Waals surface area contributed by atoms with Gasteiger partial charge in [-0.25, -0.2) is 4.98 Å². The number of nitrogens with one attached hydrogen (secondary N) is 2. The molecule has 0 radical (unpaired) electrons. The minimum Gasteiger partial charge on any atom is -0.366 e. The van der Waals surface area contributed by atoms with Crippen LogP contribution < -0.4 is 10.6 Å². The molecule has 5 heteroatoms. The van der Waals surface area contributed by atoms with Crippen LogP contribution in [0.1, 0.15) is 18.9 Å². The Morgan fingerprint density at radius 3 is 2.46 bits per heavy atom. The topological polar surface area (TPSA) is 62.7 Å². The predicted molar refractivity (Wildman–Crippen MR) is 97.8 cm³/mol. The van der Waals surface area contributed by atoms with Gasteiger partial charge in [0.1, 0.15) is 5.82 Å². The fourth-order valence-corrected chi connectivity index (χ4v) is 2.30. The number of anilines is 2. The van der Waals surface area contributed by atoms with E-state index in [0.717, 1.165) is 35.6 Å². The zero-order valence-electron chi connectivity index (χ0n) is 13.7. The number of benzene rings is 1. The molecule has 2 N–H and O–H groups in total. The maximum Gasteiger partial charge on any atom is 0.225 e. The predicted octanol–water partition coefficient (Wildman–Crippen LogP) is 3.97. The second-order valence-corrected chi connectivity index (χ2v) is 5.46. The van der Waals surface area contributed by atoms with Gasteiger partial charge in [0.15, 0.2) is 0 Å². The van der Waals surface area contributed by atoms with E-state index in [1.54, 1.807) is 12.4 Å². The van der Waals surface area contributed by atoms with Gasteiger partial charge in [0.05, 0.1) is 5.69 Å². The molecule has 0 bridgehead atoms. The highest BCUT2D eigenvalue weighted by Gasteiger charge is 2.06. The molecule has 0 spiro atoms. The van der Waals surface area contributed by atoms with E-state index < -0.39 is 0 Å². The van der Waals surface area contributed by atoms with Crippen LogP contribution in [-0.2, 0) is 6.54 Å². The van der Waals surface area contributed by atoms with Crippen LogP contribution in [0.4, 0.5) is 11.8 Å². The van der Waals surface area contributed by atoms with Gasteiger partial charge >= 0.3 is 0 Å². The first-order chi connectivity index (χ1) is 11.8. The molecular formula is C19H21N5. The Morgan fingerprint density at radius 2 is 1.71 bits per heavy atom. The van der Waals surface area contributed by atoms with Crippen LogP contribution in [0.2, 0.25) is 0 Å². The summed E-state index contributed by atoms with van der Waals surface area (Å²) in [6.45, 7) is 3.67. The standard InChI is InChI=1S/C19H21N5/c1-2-10-21-19-23-17(16-6-4-3-5-7-16)13-18(24-19)22-14-15-8-11-20-12-9-15/h3-9,11-13H,2,10,14H2,1H3,(H2,21,22,23,24). The quantitative estimate of drug-likeness (QED) is 0.690. The van der Waals surface area contributed by atoms with Crippen molar-refractivity contribution in [2.75, 3.05) is 17.2 Å². The van der Waals surface area contributed by atoms with Crippen molar-refractivity contribution in [2.24, 2.45) is 0 Å². The van der Waals surface area contributed by atoms with Crippen molar-refractivity contribution in [3.8, 4) is 11.3 Å². The third-order valence-electron chi connectivity index (χ3n) is 3.55. The average molecular weight is 319 g/mol. The van der Waals surface area contributed by atoms with Crippen molar-refractivity contribution < 1.29 is 0 Å². The molecule has 0 amide bonds. The Bertz CT molecular complexity index is 759. The minimum atomic E-state index is 0.649. The fourth-order valence-electron chi connectivity index (χ4n) is 2.30. The van der Waals surface area contributed by atoms with Crippen molar-refractivity contribution in [3.63, 3.8) is 0 Å². The van der Waals surface area contributed by atoms with Crippen LogP contribution in [0.3, 0.4) is 0 Å². The molecule has 122 valence electrons. The second kappa shape index (κ2) is 8.06. The summed E-state index contributed by atoms with van der Waals surface area (Å²) in [5, 5.41) is 6.64. The SMILES string of the molecule is CCCNc1nc(NCc2ccncc2)cc(-c2ccccc2)n1. The van der Waals surface area contributed by atoms with Crippen LogP contribution in [-0.4, -0.2) is 21.5 Å². The Kier molecular flexibility index (Phi) is 5.35. The molecule has 0 fully saturated rings. The van der Waals surface area contributed by atoms with Crippen molar-refractivity contribution >= 4 is 11.8 Å². The van der Waals surface area contributed by atoms with Crippen molar-refractivity contribution in [1.82, 2.24) is 15.0 Å². The molecule has 3 aromatic rings. The second-order valence-electron chi connectivity index (χ2n) is 5.46. The number of hydrogen-bond donors (Lipinski definition) is 2. The number of aromatic nitrogens is 3. The summed E-state index contributed by atoms with van der Waals surface area (Å²) in [6, 6.07) is 16.1. The highest BCUT2D eigenvalue weighted by atomic mass is 15.1. The lowest BCUT2D eigenvalue weighted by Gasteiger charge is -2.11. The Balaban J connectivity index is 1.84. The average Bonchev–Trinajstić information content (AvgIpc) is 2.66. The smallest absolute Gasteiger partial charge is 0.225 e. The first-order valence-electron chi connectivity index (χ1n) is 8.16. The monoisotopic (exact) mass is 319 g/mol. The summed E-state index contributed by atoms with van der Waals surface area (Å²) in [4.78, 5) is 13.2. The van der Waals surface area contributed by atoms with Gasteiger partial charge in [-0.05, 0) is 24.1 Å². The maximum atomic E-state index is 4.62. The first-order valence-corrected chi connectivity index (χ1v) is 8.16. The number of pyridine rings is 1. The Morgan fingerprint density at radius 1 is 0.917 bits per heavy atom. The zero-order valence-corrected chi connectivity index (χ0v) is 13.7. The summed E-state index contributed by atoms with van der Waals surface area (Å²) < 4.78 is 0. The molecule has 0 aliphatic heterocycles. The normalized spacial score (nSPS) is 10.4. The molecule has 0 unspecified atom stereocenters. The van der Waals surface area contributed by atoms with Gasteiger partial charge in [0.25, 0.3) is 0 Å². The molecule has 0 atom stereocenters. The highest BCUT2D eigenvalue weighted by Crippen LogP contribution is 2.21. The van der Waals surface area contributed by atoms with Crippen molar-refractivity contribution in [2.45, 2.75) is 19.9 Å². The third-order valence-corrected chi connectivity index (χ3v) is 3.55. The molecule has 0 aliphatic carbocycles. The largest absolute Gasteiger partial charge is 0.366 e. The summed E-state index contributed by atoms with van der Waals surface area (Å²) in [5.74, 6) is 1.45. The molecule has 3 rings (SSSR count). The van der Waals surface area contributed by atoms with Crippen LogP contribution in [0.15, 0.2) is 60.9 Å². The van der Waals surface area contributed by atoms with Gasteiger partial charge < -0.3 is 10.6 Å². The van der Waals surface area contributed by atoms with Gasteiger partial charge in [0.2, 0.25) is 5.95 Å². The van der Waals surface area contributed by atoms with Gasteiger partial charge in [-0.15, -0.1) is 0 Å². The van der Waals surface area contributed by atoms with Gasteiger partial charge in [-0.2, -0.15) is 4.98 Å². The minimum absolute atomic E-state index is 0.649. The van der Waals surface area contributed by atoms with Gasteiger partial charge in [0, 0.05) is 37.1 Å². The van der Waals surface area contributed by atoms with E-state index in [0.29, 0.717) is 12.5 Å². The number of nitrogens with zero attached hydrogens (tertiary/aromatic N) is 3. The lowest BCUT2D eigenvalue weighted by atomic mass is 10.1. The van der Waals surface area contributed by atoms with Crippen LogP contribution >= 0.6 is 0 Å². The summed E-state index contributed by atoms with van der Waals surface area (Å²) in [6.07, 6.45) is 4.61. The number of rotatable bonds is 7. The highest BCUT2D eigenvalue weighted by molar-refractivity contribution is 5.64. The van der Waals surface area contributed by atoms with Crippen molar-refractivity contribution in [3.05, 3.63) is 66.5 Å². The van der Waals surface area contributed by atoms with E-state index >= 15 is 0 Å². The molecule has 2 aromatic heterocycles. The van der Waals surface area contributed by atoms with E-state index in [9.17, 15) is 0 Å². The van der Waals surface area contributed by atoms with E-state index in [4.69, 9.17) is 0 Å². The molecule has 0 aliphatic rings. The summed E-state index contributed by atoms with van der Waals surface area (Å²) in [5.41, 5.74) is 3.14. The maximum absolute atomic E-state index is 4.62.